The van der Waals surface area contributed by atoms with E-state index in [4.69, 9.17) is 14.2 Å². The van der Waals surface area contributed by atoms with Crippen molar-refractivity contribution in [2.45, 2.75) is 33.6 Å². The second kappa shape index (κ2) is 6.64. The predicted molar refractivity (Wildman–Crippen MR) is 79.1 cm³/mol. The third kappa shape index (κ3) is 3.89. The molecule has 112 valence electrons. The van der Waals surface area contributed by atoms with E-state index in [1.165, 1.54) is 14.2 Å². The van der Waals surface area contributed by atoms with E-state index >= 15 is 0 Å². The average Bonchev–Trinajstić information content (AvgIpc) is 2.41. The van der Waals surface area contributed by atoms with Crippen molar-refractivity contribution in [3.8, 4) is 17.2 Å². The van der Waals surface area contributed by atoms with Gasteiger partial charge in [0.15, 0.2) is 17.3 Å². The Morgan fingerprint density at radius 1 is 1.00 bits per heavy atom. The molecule has 0 radical (unpaired) electrons. The molecule has 0 aliphatic heterocycles. The highest BCUT2D eigenvalue weighted by Gasteiger charge is 2.21. The van der Waals surface area contributed by atoms with Crippen LogP contribution in [0.25, 0.3) is 0 Å². The van der Waals surface area contributed by atoms with Crippen molar-refractivity contribution in [1.82, 2.24) is 0 Å². The molecule has 0 atom stereocenters. The Morgan fingerprint density at radius 3 is 2.05 bits per heavy atom. The first-order chi connectivity index (χ1) is 9.34. The van der Waals surface area contributed by atoms with E-state index in [-0.39, 0.29) is 11.2 Å². The lowest BCUT2D eigenvalue weighted by Crippen LogP contribution is -2.10. The van der Waals surface area contributed by atoms with Crippen molar-refractivity contribution in [3.05, 3.63) is 17.7 Å². The molecule has 0 fully saturated rings. The molecule has 0 N–H and O–H groups in total. The van der Waals surface area contributed by atoms with E-state index in [2.05, 4.69) is 20.8 Å². The third-order valence-electron chi connectivity index (χ3n) is 3.11. The normalized spacial score (nSPS) is 11.1. The molecule has 0 heterocycles. The first kappa shape index (κ1) is 16.3. The van der Waals surface area contributed by atoms with Gasteiger partial charge in [-0.3, -0.25) is 4.79 Å². The zero-order chi connectivity index (χ0) is 15.3. The van der Waals surface area contributed by atoms with Crippen molar-refractivity contribution >= 4 is 5.78 Å². The first-order valence-corrected chi connectivity index (χ1v) is 6.66. The van der Waals surface area contributed by atoms with Crippen molar-refractivity contribution in [1.29, 1.82) is 0 Å². The lowest BCUT2D eigenvalue weighted by Gasteiger charge is -2.18. The number of Topliss-reactive ketones (excluding diaryl/α,β-unsaturated/α-hetero) is 1. The Morgan fingerprint density at radius 2 is 1.60 bits per heavy atom. The largest absolute Gasteiger partial charge is 0.493 e. The third-order valence-corrected chi connectivity index (χ3v) is 3.11. The van der Waals surface area contributed by atoms with Gasteiger partial charge in [0.25, 0.3) is 0 Å². The van der Waals surface area contributed by atoms with Crippen LogP contribution in [0.5, 0.6) is 17.2 Å². The van der Waals surface area contributed by atoms with Crippen LogP contribution in [0.1, 0.15) is 44.0 Å². The highest BCUT2D eigenvalue weighted by molar-refractivity contribution is 6.00. The van der Waals surface area contributed by atoms with Gasteiger partial charge in [0.2, 0.25) is 5.75 Å². The van der Waals surface area contributed by atoms with Crippen molar-refractivity contribution in [3.63, 3.8) is 0 Å². The van der Waals surface area contributed by atoms with Crippen LogP contribution in [0.3, 0.4) is 0 Å². The molecule has 1 aromatic carbocycles. The summed E-state index contributed by atoms with van der Waals surface area (Å²) in [7, 11) is 4.61. The van der Waals surface area contributed by atoms with Crippen LogP contribution < -0.4 is 14.2 Å². The SMILES string of the molecule is COc1ccc(C(=O)CCC(C)(C)C)c(OC)c1OC. The van der Waals surface area contributed by atoms with E-state index in [9.17, 15) is 4.79 Å². The Balaban J connectivity index is 3.09. The molecule has 0 unspecified atom stereocenters. The van der Waals surface area contributed by atoms with Gasteiger partial charge in [-0.05, 0) is 24.0 Å². The van der Waals surface area contributed by atoms with E-state index in [1.54, 1.807) is 19.2 Å². The molecular formula is C16H24O4. The molecule has 0 spiro atoms. The van der Waals surface area contributed by atoms with Gasteiger partial charge in [0.1, 0.15) is 0 Å². The number of ether oxygens (including phenoxy) is 3. The smallest absolute Gasteiger partial charge is 0.204 e. The topological polar surface area (TPSA) is 44.8 Å². The molecular weight excluding hydrogens is 256 g/mol. The first-order valence-electron chi connectivity index (χ1n) is 6.66. The van der Waals surface area contributed by atoms with Crippen LogP contribution in [-0.4, -0.2) is 27.1 Å². The summed E-state index contributed by atoms with van der Waals surface area (Å²) in [4.78, 5) is 12.4. The lowest BCUT2D eigenvalue weighted by molar-refractivity contribution is 0.0962. The molecule has 4 nitrogen and oxygen atoms in total. The number of methoxy groups -OCH3 is 3. The van der Waals surface area contributed by atoms with Gasteiger partial charge in [-0.15, -0.1) is 0 Å². The fourth-order valence-electron chi connectivity index (χ4n) is 1.94. The van der Waals surface area contributed by atoms with Crippen LogP contribution in [0.4, 0.5) is 0 Å². The van der Waals surface area contributed by atoms with Gasteiger partial charge in [-0.1, -0.05) is 20.8 Å². The van der Waals surface area contributed by atoms with Crippen molar-refractivity contribution in [2.75, 3.05) is 21.3 Å². The summed E-state index contributed by atoms with van der Waals surface area (Å²) < 4.78 is 15.8. The molecule has 0 aromatic heterocycles. The molecule has 0 bridgehead atoms. The summed E-state index contributed by atoms with van der Waals surface area (Å²) in [6, 6.07) is 3.46. The molecule has 0 aliphatic rings. The number of carbonyl (C=O) groups excluding carboxylic acids is 1. The predicted octanol–water partition coefficient (Wildman–Crippen LogP) is 3.72. The molecule has 0 amide bonds. The zero-order valence-corrected chi connectivity index (χ0v) is 13.2. The fraction of sp³-hybridized carbons (Fsp3) is 0.562. The summed E-state index contributed by atoms with van der Waals surface area (Å²) in [5.41, 5.74) is 0.661. The van der Waals surface area contributed by atoms with Crippen LogP contribution in [0, 0.1) is 5.41 Å². The number of hydrogen-bond donors (Lipinski definition) is 0. The van der Waals surface area contributed by atoms with Gasteiger partial charge >= 0.3 is 0 Å². The second-order valence-corrected chi connectivity index (χ2v) is 5.87. The minimum atomic E-state index is 0.0535. The average molecular weight is 280 g/mol. The summed E-state index contributed by atoms with van der Waals surface area (Å²) in [5, 5.41) is 0. The van der Waals surface area contributed by atoms with E-state index in [0.29, 0.717) is 29.2 Å². The molecule has 1 aromatic rings. The number of carbonyl (C=O) groups is 1. The second-order valence-electron chi connectivity index (χ2n) is 5.87. The van der Waals surface area contributed by atoms with E-state index in [0.717, 1.165) is 6.42 Å². The Kier molecular flexibility index (Phi) is 5.43. The number of hydrogen-bond acceptors (Lipinski definition) is 4. The van der Waals surface area contributed by atoms with Gasteiger partial charge in [0, 0.05) is 6.42 Å². The summed E-state index contributed by atoms with van der Waals surface area (Å²) in [6.07, 6.45) is 1.30. The van der Waals surface area contributed by atoms with Crippen LogP contribution in [0.15, 0.2) is 12.1 Å². The van der Waals surface area contributed by atoms with Gasteiger partial charge in [-0.2, -0.15) is 0 Å². The van der Waals surface area contributed by atoms with Crippen LogP contribution in [-0.2, 0) is 0 Å². The lowest BCUT2D eigenvalue weighted by atomic mass is 9.88. The molecule has 0 saturated carbocycles. The van der Waals surface area contributed by atoms with Crippen LogP contribution >= 0.6 is 0 Å². The summed E-state index contributed by atoms with van der Waals surface area (Å²) >= 11 is 0. The van der Waals surface area contributed by atoms with E-state index < -0.39 is 0 Å². The minimum absolute atomic E-state index is 0.0535. The Bertz CT molecular complexity index is 472. The van der Waals surface area contributed by atoms with Crippen LogP contribution in [0.2, 0.25) is 0 Å². The standard InChI is InChI=1S/C16H24O4/c1-16(2,3)10-9-12(17)11-7-8-13(18-4)15(20-6)14(11)19-5/h7-8H,9-10H2,1-6H3. The maximum Gasteiger partial charge on any atom is 0.204 e. The molecule has 0 aliphatic carbocycles. The molecule has 20 heavy (non-hydrogen) atoms. The maximum absolute atomic E-state index is 12.4. The summed E-state index contributed by atoms with van der Waals surface area (Å²) in [5.74, 6) is 1.50. The van der Waals surface area contributed by atoms with Gasteiger partial charge in [-0.25, -0.2) is 0 Å². The highest BCUT2D eigenvalue weighted by atomic mass is 16.5. The highest BCUT2D eigenvalue weighted by Crippen LogP contribution is 2.40. The molecule has 4 heteroatoms. The Labute approximate surface area is 121 Å². The zero-order valence-electron chi connectivity index (χ0n) is 13.2. The number of benzene rings is 1. The quantitative estimate of drug-likeness (QED) is 0.745. The Hall–Kier alpha value is -1.71. The molecule has 0 saturated heterocycles. The van der Waals surface area contributed by atoms with Gasteiger partial charge < -0.3 is 14.2 Å². The van der Waals surface area contributed by atoms with Gasteiger partial charge in [0.05, 0.1) is 26.9 Å². The van der Waals surface area contributed by atoms with Crippen molar-refractivity contribution in [2.24, 2.45) is 5.41 Å². The monoisotopic (exact) mass is 280 g/mol. The fourth-order valence-corrected chi connectivity index (χ4v) is 1.94. The molecule has 1 rings (SSSR count). The van der Waals surface area contributed by atoms with Crippen molar-refractivity contribution < 1.29 is 19.0 Å². The maximum atomic E-state index is 12.4. The number of ketones is 1. The summed E-state index contributed by atoms with van der Waals surface area (Å²) in [6.45, 7) is 6.35. The van der Waals surface area contributed by atoms with E-state index in [1.807, 2.05) is 0 Å². The minimum Gasteiger partial charge on any atom is -0.493 e. The number of rotatable bonds is 6.